The number of alkyl halides is 6. The Morgan fingerprint density at radius 3 is 1.94 bits per heavy atom. The van der Waals surface area contributed by atoms with Crippen molar-refractivity contribution in [3.8, 4) is 11.4 Å². The number of nitrogens with zero attached hydrogens (tertiary/aromatic N) is 4. The summed E-state index contributed by atoms with van der Waals surface area (Å²) in [5.74, 6) is 1.15. The van der Waals surface area contributed by atoms with E-state index in [1.807, 2.05) is 11.0 Å². The fourth-order valence-electron chi connectivity index (χ4n) is 4.09. The molecule has 1 fully saturated rings. The van der Waals surface area contributed by atoms with Crippen LogP contribution in [0.4, 0.5) is 37.8 Å². The quantitative estimate of drug-likeness (QED) is 0.358. The summed E-state index contributed by atoms with van der Waals surface area (Å²) < 4.78 is 77.2. The largest absolute Gasteiger partial charge is 0.416 e. The van der Waals surface area contributed by atoms with Gasteiger partial charge in [0.25, 0.3) is 0 Å². The number of hydrogen-bond acceptors (Lipinski definition) is 4. The average molecular weight is 491 g/mol. The lowest BCUT2D eigenvalue weighted by Crippen LogP contribution is -2.46. The van der Waals surface area contributed by atoms with Crippen LogP contribution >= 0.6 is 0 Å². The molecule has 4 aromatic rings. The summed E-state index contributed by atoms with van der Waals surface area (Å²) in [7, 11) is 0. The fraction of sp³-hybridized carbons (Fsp3) is 0.250. The van der Waals surface area contributed by atoms with Gasteiger partial charge >= 0.3 is 12.4 Å². The van der Waals surface area contributed by atoms with Crippen LogP contribution < -0.4 is 9.80 Å². The van der Waals surface area contributed by atoms with E-state index in [1.54, 1.807) is 12.3 Å². The van der Waals surface area contributed by atoms with E-state index in [2.05, 4.69) is 19.9 Å². The first kappa shape index (κ1) is 23.0. The summed E-state index contributed by atoms with van der Waals surface area (Å²) in [6, 6.07) is 12.1. The Morgan fingerprint density at radius 1 is 0.714 bits per heavy atom. The van der Waals surface area contributed by atoms with Crippen LogP contribution in [-0.4, -0.2) is 41.1 Å². The number of halogens is 6. The molecule has 0 amide bonds. The van der Waals surface area contributed by atoms with Crippen molar-refractivity contribution in [1.29, 1.82) is 0 Å². The van der Waals surface area contributed by atoms with Gasteiger partial charge in [-0.25, -0.2) is 9.97 Å². The molecule has 0 atom stereocenters. The molecule has 0 radical (unpaired) electrons. The van der Waals surface area contributed by atoms with Crippen molar-refractivity contribution in [3.05, 3.63) is 71.9 Å². The number of piperazine rings is 1. The number of aromatic nitrogens is 3. The molecule has 0 unspecified atom stereocenters. The Bertz CT molecular complexity index is 1320. The number of nitrogens with one attached hydrogen (secondary N) is 1. The second-order valence-corrected chi connectivity index (χ2v) is 8.24. The first-order chi connectivity index (χ1) is 16.6. The van der Waals surface area contributed by atoms with Crippen LogP contribution in [0.2, 0.25) is 0 Å². The maximum Gasteiger partial charge on any atom is 0.416 e. The van der Waals surface area contributed by atoms with E-state index in [9.17, 15) is 26.3 Å². The van der Waals surface area contributed by atoms with Gasteiger partial charge in [-0.15, -0.1) is 0 Å². The van der Waals surface area contributed by atoms with Crippen molar-refractivity contribution >= 4 is 22.5 Å². The van der Waals surface area contributed by atoms with Crippen LogP contribution in [0.1, 0.15) is 11.1 Å². The lowest BCUT2D eigenvalue weighted by Gasteiger charge is -2.36. The maximum atomic E-state index is 13.0. The molecule has 35 heavy (non-hydrogen) atoms. The molecule has 0 saturated carbocycles. The topological polar surface area (TPSA) is 48.0 Å². The van der Waals surface area contributed by atoms with Crippen LogP contribution in [-0.2, 0) is 12.4 Å². The van der Waals surface area contributed by atoms with Crippen LogP contribution in [0.25, 0.3) is 22.4 Å². The highest BCUT2D eigenvalue weighted by Crippen LogP contribution is 2.33. The maximum absolute atomic E-state index is 13.0. The number of hydrogen-bond donors (Lipinski definition) is 1. The first-order valence-electron chi connectivity index (χ1n) is 10.8. The zero-order valence-electron chi connectivity index (χ0n) is 18.2. The number of benzene rings is 2. The minimum absolute atomic E-state index is 0.290. The highest BCUT2D eigenvalue weighted by molar-refractivity contribution is 5.80. The third-order valence-electron chi connectivity index (χ3n) is 5.99. The minimum atomic E-state index is -4.43. The summed E-state index contributed by atoms with van der Waals surface area (Å²) in [5.41, 5.74) is 0.676. The molecule has 1 aliphatic rings. The normalized spacial score (nSPS) is 15.1. The van der Waals surface area contributed by atoms with Gasteiger partial charge in [-0.1, -0.05) is 0 Å². The van der Waals surface area contributed by atoms with E-state index in [-0.39, 0.29) is 0 Å². The van der Waals surface area contributed by atoms with Gasteiger partial charge in [-0.2, -0.15) is 26.3 Å². The van der Waals surface area contributed by atoms with Crippen molar-refractivity contribution in [2.24, 2.45) is 0 Å². The van der Waals surface area contributed by atoms with Crippen molar-refractivity contribution in [1.82, 2.24) is 15.0 Å². The molecule has 5 nitrogen and oxygen atoms in total. The van der Waals surface area contributed by atoms with Gasteiger partial charge in [-0.05, 0) is 54.6 Å². The van der Waals surface area contributed by atoms with Gasteiger partial charge in [-0.3, -0.25) is 0 Å². The van der Waals surface area contributed by atoms with Crippen LogP contribution in [0.15, 0.2) is 60.8 Å². The summed E-state index contributed by atoms with van der Waals surface area (Å²) in [4.78, 5) is 15.9. The van der Waals surface area contributed by atoms with Gasteiger partial charge in [0, 0.05) is 43.6 Å². The van der Waals surface area contributed by atoms with Gasteiger partial charge in [0.15, 0.2) is 0 Å². The molecule has 11 heteroatoms. The number of fused-ring (bicyclic) bond motifs is 1. The third kappa shape index (κ3) is 4.75. The van der Waals surface area contributed by atoms with E-state index in [0.717, 1.165) is 35.8 Å². The van der Waals surface area contributed by atoms with Crippen molar-refractivity contribution in [2.75, 3.05) is 36.0 Å². The molecule has 1 saturated heterocycles. The van der Waals surface area contributed by atoms with Crippen LogP contribution in [0, 0.1) is 0 Å². The molecule has 2 aromatic heterocycles. The van der Waals surface area contributed by atoms with Gasteiger partial charge in [0.1, 0.15) is 11.6 Å². The monoisotopic (exact) mass is 491 g/mol. The van der Waals surface area contributed by atoms with Gasteiger partial charge in [0.05, 0.1) is 22.2 Å². The zero-order valence-corrected chi connectivity index (χ0v) is 18.2. The molecule has 1 N–H and O–H groups in total. The number of imidazole rings is 1. The van der Waals surface area contributed by atoms with Gasteiger partial charge in [0.2, 0.25) is 0 Å². The number of pyridine rings is 1. The van der Waals surface area contributed by atoms with Crippen molar-refractivity contribution < 1.29 is 26.3 Å². The molecule has 0 aliphatic carbocycles. The predicted octanol–water partition coefficient (Wildman–Crippen LogP) is 5.99. The second-order valence-electron chi connectivity index (χ2n) is 8.24. The first-order valence-corrected chi connectivity index (χ1v) is 10.8. The molecular formula is C24H19F6N5. The van der Waals surface area contributed by atoms with Crippen molar-refractivity contribution in [3.63, 3.8) is 0 Å². The smallest absolute Gasteiger partial charge is 0.368 e. The Hall–Kier alpha value is -3.76. The Labute approximate surface area is 196 Å². The lowest BCUT2D eigenvalue weighted by molar-refractivity contribution is -0.138. The lowest BCUT2D eigenvalue weighted by atomic mass is 10.1. The van der Waals surface area contributed by atoms with Crippen LogP contribution in [0.3, 0.4) is 0 Å². The molecule has 0 bridgehead atoms. The van der Waals surface area contributed by atoms with Crippen molar-refractivity contribution in [2.45, 2.75) is 12.4 Å². The number of anilines is 2. The summed E-state index contributed by atoms with van der Waals surface area (Å²) in [5, 5.41) is 0. The fourth-order valence-corrected chi connectivity index (χ4v) is 4.09. The molecule has 3 heterocycles. The van der Waals surface area contributed by atoms with E-state index < -0.39 is 23.5 Å². The average Bonchev–Trinajstić information content (AvgIpc) is 3.27. The highest BCUT2D eigenvalue weighted by Gasteiger charge is 2.31. The van der Waals surface area contributed by atoms with Crippen LogP contribution in [0.5, 0.6) is 0 Å². The summed E-state index contributed by atoms with van der Waals surface area (Å²) in [6.07, 6.45) is -7.18. The molecule has 5 rings (SSSR count). The third-order valence-corrected chi connectivity index (χ3v) is 5.99. The SMILES string of the molecule is FC(F)(F)c1ccc(N2CCN(c3ccc(-c4nc5ccc(C(F)(F)F)cc5[nH]4)cn3)CC2)cc1. The van der Waals surface area contributed by atoms with Gasteiger partial charge < -0.3 is 14.8 Å². The Balaban J connectivity index is 1.25. The molecular weight excluding hydrogens is 472 g/mol. The zero-order chi connectivity index (χ0) is 24.8. The minimum Gasteiger partial charge on any atom is -0.368 e. The van der Waals surface area contributed by atoms with E-state index in [4.69, 9.17) is 0 Å². The van der Waals surface area contributed by atoms with E-state index in [0.29, 0.717) is 48.6 Å². The molecule has 182 valence electrons. The highest BCUT2D eigenvalue weighted by atomic mass is 19.4. The number of rotatable bonds is 3. The van der Waals surface area contributed by atoms with E-state index >= 15 is 0 Å². The predicted molar refractivity (Wildman–Crippen MR) is 120 cm³/mol. The summed E-state index contributed by atoms with van der Waals surface area (Å²) >= 11 is 0. The Morgan fingerprint density at radius 2 is 1.34 bits per heavy atom. The summed E-state index contributed by atoms with van der Waals surface area (Å²) in [6.45, 7) is 2.52. The number of aromatic amines is 1. The van der Waals surface area contributed by atoms with E-state index in [1.165, 1.54) is 18.2 Å². The number of H-pyrrole nitrogens is 1. The molecule has 0 spiro atoms. The molecule has 2 aromatic carbocycles. The Kier molecular flexibility index (Phi) is 5.57. The molecule has 1 aliphatic heterocycles. The standard InChI is InChI=1S/C24H19F6N5/c25-23(26,27)16-2-5-18(6-3-16)34-9-11-35(12-10-34)21-8-1-15(14-31-21)22-32-19-7-4-17(24(28,29)30)13-20(19)33-22/h1-8,13-14H,9-12H2,(H,32,33). The second kappa shape index (κ2) is 8.47.